The average Bonchev–Trinajstić information content (AvgIpc) is 2.47. The van der Waals surface area contributed by atoms with Crippen LogP contribution in [0.25, 0.3) is 0 Å². The van der Waals surface area contributed by atoms with Crippen LogP contribution in [0.2, 0.25) is 0 Å². The van der Waals surface area contributed by atoms with Gasteiger partial charge in [0.1, 0.15) is 0 Å². The number of aromatic nitrogens is 2. The van der Waals surface area contributed by atoms with Crippen LogP contribution in [0.3, 0.4) is 0 Å². The van der Waals surface area contributed by atoms with Gasteiger partial charge >= 0.3 is 0 Å². The van der Waals surface area contributed by atoms with Crippen LogP contribution in [-0.2, 0) is 6.54 Å². The first-order chi connectivity index (χ1) is 9.24. The monoisotopic (exact) mass is 259 g/mol. The molecular formula is C14H17N3O2. The summed E-state index contributed by atoms with van der Waals surface area (Å²) < 4.78 is 6.42. The molecule has 0 saturated heterocycles. The zero-order valence-corrected chi connectivity index (χ0v) is 10.8. The fraction of sp³-hybridized carbons (Fsp3) is 0.286. The Morgan fingerprint density at radius 1 is 1.26 bits per heavy atom. The number of rotatable bonds is 5. The van der Waals surface area contributed by atoms with Gasteiger partial charge in [0.15, 0.2) is 0 Å². The van der Waals surface area contributed by atoms with Gasteiger partial charge < -0.3 is 10.5 Å². The van der Waals surface area contributed by atoms with Crippen LogP contribution in [-0.4, -0.2) is 23.4 Å². The Labute approximate surface area is 111 Å². The molecule has 0 radical (unpaired) electrons. The zero-order valence-electron chi connectivity index (χ0n) is 10.8. The van der Waals surface area contributed by atoms with Gasteiger partial charge in [0.05, 0.1) is 13.7 Å². The molecule has 2 rings (SSSR count). The molecule has 19 heavy (non-hydrogen) atoms. The van der Waals surface area contributed by atoms with Crippen LogP contribution >= 0.6 is 0 Å². The fourth-order valence-corrected chi connectivity index (χ4v) is 1.92. The molecule has 1 aromatic carbocycles. The predicted molar refractivity (Wildman–Crippen MR) is 73.3 cm³/mol. The van der Waals surface area contributed by atoms with Gasteiger partial charge in [-0.25, -0.2) is 4.68 Å². The van der Waals surface area contributed by atoms with Gasteiger partial charge in [0.2, 0.25) is 5.88 Å². The Morgan fingerprint density at radius 3 is 2.63 bits per heavy atom. The summed E-state index contributed by atoms with van der Waals surface area (Å²) in [5, 5.41) is 4.13. The lowest BCUT2D eigenvalue weighted by atomic mass is 9.99. The van der Waals surface area contributed by atoms with E-state index in [0.717, 1.165) is 5.56 Å². The molecule has 5 nitrogen and oxygen atoms in total. The highest BCUT2D eigenvalue weighted by Gasteiger charge is 2.12. The molecule has 0 aliphatic carbocycles. The van der Waals surface area contributed by atoms with Crippen LogP contribution < -0.4 is 16.0 Å². The lowest BCUT2D eigenvalue weighted by Gasteiger charge is -2.16. The van der Waals surface area contributed by atoms with Crippen LogP contribution in [0.1, 0.15) is 11.5 Å². The second kappa shape index (κ2) is 6.15. The summed E-state index contributed by atoms with van der Waals surface area (Å²) >= 11 is 0. The van der Waals surface area contributed by atoms with Gasteiger partial charge in [-0.1, -0.05) is 30.3 Å². The minimum absolute atomic E-state index is 0.0542. The predicted octanol–water partition coefficient (Wildman–Crippen LogP) is 0.994. The highest BCUT2D eigenvalue weighted by molar-refractivity contribution is 5.19. The molecule has 1 atom stereocenters. The summed E-state index contributed by atoms with van der Waals surface area (Å²) in [5.41, 5.74) is 6.74. The van der Waals surface area contributed by atoms with Gasteiger partial charge in [-0.3, -0.25) is 4.79 Å². The Kier molecular flexibility index (Phi) is 4.30. The van der Waals surface area contributed by atoms with E-state index < -0.39 is 0 Å². The third-order valence-corrected chi connectivity index (χ3v) is 3.00. The molecule has 0 spiro atoms. The van der Waals surface area contributed by atoms with Gasteiger partial charge in [0, 0.05) is 24.6 Å². The maximum atomic E-state index is 11.8. The summed E-state index contributed by atoms with van der Waals surface area (Å²) in [6, 6.07) is 12.9. The van der Waals surface area contributed by atoms with E-state index in [1.54, 1.807) is 6.07 Å². The second-order valence-corrected chi connectivity index (χ2v) is 4.24. The molecule has 0 bridgehead atoms. The van der Waals surface area contributed by atoms with Crippen molar-refractivity contribution in [1.82, 2.24) is 9.78 Å². The molecule has 0 aliphatic heterocycles. The van der Waals surface area contributed by atoms with Crippen molar-refractivity contribution in [2.24, 2.45) is 5.73 Å². The highest BCUT2D eigenvalue weighted by atomic mass is 16.5. The van der Waals surface area contributed by atoms with Gasteiger partial charge in [-0.05, 0) is 5.56 Å². The molecule has 0 amide bonds. The van der Waals surface area contributed by atoms with Crippen LogP contribution in [0.5, 0.6) is 5.88 Å². The van der Waals surface area contributed by atoms with Crippen LogP contribution in [0.15, 0.2) is 47.3 Å². The Bertz CT molecular complexity index is 581. The number of nitrogens with two attached hydrogens (primary N) is 1. The number of hydrogen-bond donors (Lipinski definition) is 1. The number of nitrogens with zero attached hydrogens (tertiary/aromatic N) is 2. The second-order valence-electron chi connectivity index (χ2n) is 4.24. The Hall–Kier alpha value is -2.14. The summed E-state index contributed by atoms with van der Waals surface area (Å²) in [5.74, 6) is 0.474. The molecule has 0 fully saturated rings. The molecular weight excluding hydrogens is 242 g/mol. The molecule has 1 aromatic heterocycles. The van der Waals surface area contributed by atoms with Crippen molar-refractivity contribution in [3.63, 3.8) is 0 Å². The lowest BCUT2D eigenvalue weighted by Crippen LogP contribution is -2.28. The summed E-state index contributed by atoms with van der Waals surface area (Å²) in [6.45, 7) is 0.895. The maximum Gasteiger partial charge on any atom is 0.266 e. The largest absolute Gasteiger partial charge is 0.480 e. The maximum absolute atomic E-state index is 11.8. The number of benzene rings is 1. The Balaban J connectivity index is 2.26. The molecule has 1 unspecified atom stereocenters. The summed E-state index contributed by atoms with van der Waals surface area (Å²) in [7, 11) is 1.52. The summed E-state index contributed by atoms with van der Waals surface area (Å²) in [6.07, 6.45) is 0. The van der Waals surface area contributed by atoms with Gasteiger partial charge in [-0.2, -0.15) is 0 Å². The van der Waals surface area contributed by atoms with Gasteiger partial charge in [-0.15, -0.1) is 5.10 Å². The molecule has 0 saturated carbocycles. The van der Waals surface area contributed by atoms with Crippen molar-refractivity contribution in [3.05, 3.63) is 58.4 Å². The van der Waals surface area contributed by atoms with Crippen molar-refractivity contribution in [2.75, 3.05) is 13.7 Å². The first-order valence-electron chi connectivity index (χ1n) is 6.11. The normalized spacial score (nSPS) is 12.1. The number of ether oxygens (including phenoxy) is 1. The summed E-state index contributed by atoms with van der Waals surface area (Å²) in [4.78, 5) is 11.8. The first-order valence-corrected chi connectivity index (χ1v) is 6.11. The van der Waals surface area contributed by atoms with Crippen LogP contribution in [0.4, 0.5) is 0 Å². The Morgan fingerprint density at radius 2 is 2.00 bits per heavy atom. The lowest BCUT2D eigenvalue weighted by molar-refractivity contribution is 0.370. The standard InChI is InChI=1S/C14H17N3O2/c1-19-13-7-8-14(18)17(16-13)10-12(9-15)11-5-3-2-4-6-11/h2-8,12H,9-10,15H2,1H3. The number of hydrogen-bond acceptors (Lipinski definition) is 4. The average molecular weight is 259 g/mol. The van der Waals surface area contributed by atoms with Gasteiger partial charge in [0.25, 0.3) is 5.56 Å². The third-order valence-electron chi connectivity index (χ3n) is 3.00. The smallest absolute Gasteiger partial charge is 0.266 e. The zero-order chi connectivity index (χ0) is 13.7. The highest BCUT2D eigenvalue weighted by Crippen LogP contribution is 2.15. The van der Waals surface area contributed by atoms with Crippen molar-refractivity contribution in [1.29, 1.82) is 0 Å². The first kappa shape index (κ1) is 13.3. The van der Waals surface area contributed by atoms with E-state index in [0.29, 0.717) is 19.0 Å². The number of methoxy groups -OCH3 is 1. The van der Waals surface area contributed by atoms with E-state index in [-0.39, 0.29) is 11.5 Å². The van der Waals surface area contributed by atoms with Crippen molar-refractivity contribution in [3.8, 4) is 5.88 Å². The quantitative estimate of drug-likeness (QED) is 0.869. The molecule has 0 aliphatic rings. The van der Waals surface area contributed by atoms with E-state index in [4.69, 9.17) is 10.5 Å². The topological polar surface area (TPSA) is 70.1 Å². The fourth-order valence-electron chi connectivity index (χ4n) is 1.92. The van der Waals surface area contributed by atoms with Crippen molar-refractivity contribution >= 4 is 0 Å². The molecule has 1 heterocycles. The van der Waals surface area contributed by atoms with Crippen molar-refractivity contribution < 1.29 is 4.74 Å². The van der Waals surface area contributed by atoms with E-state index >= 15 is 0 Å². The molecule has 2 N–H and O–H groups in total. The van der Waals surface area contributed by atoms with E-state index in [1.807, 2.05) is 30.3 Å². The minimum Gasteiger partial charge on any atom is -0.480 e. The molecule has 100 valence electrons. The van der Waals surface area contributed by atoms with E-state index in [1.165, 1.54) is 17.9 Å². The molecule has 5 heteroatoms. The van der Waals surface area contributed by atoms with Crippen molar-refractivity contribution in [2.45, 2.75) is 12.5 Å². The minimum atomic E-state index is -0.157. The van der Waals surface area contributed by atoms with E-state index in [2.05, 4.69) is 5.10 Å². The van der Waals surface area contributed by atoms with Crippen LogP contribution in [0, 0.1) is 0 Å². The SMILES string of the molecule is COc1ccc(=O)n(CC(CN)c2ccccc2)n1. The third kappa shape index (κ3) is 3.20. The molecule has 2 aromatic rings. The van der Waals surface area contributed by atoms with E-state index in [9.17, 15) is 4.79 Å².